The summed E-state index contributed by atoms with van der Waals surface area (Å²) in [4.78, 5) is 0. The Morgan fingerprint density at radius 3 is 2.68 bits per heavy atom. The normalized spacial score (nSPS) is 10.8. The van der Waals surface area contributed by atoms with Gasteiger partial charge in [0.15, 0.2) is 5.52 Å². The largest absolute Gasteiger partial charge is 0.506 e. The van der Waals surface area contributed by atoms with Crippen molar-refractivity contribution in [3.63, 3.8) is 0 Å². The Kier molecular flexibility index (Phi) is 2.79. The van der Waals surface area contributed by atoms with Crippen molar-refractivity contribution in [3.05, 3.63) is 48.0 Å². The van der Waals surface area contributed by atoms with Gasteiger partial charge in [-0.2, -0.15) is 0 Å². The summed E-state index contributed by atoms with van der Waals surface area (Å²) < 4.78 is 6.88. The van der Waals surface area contributed by atoms with Crippen LogP contribution in [0.5, 0.6) is 11.5 Å². The van der Waals surface area contributed by atoms with Crippen LogP contribution in [-0.2, 0) is 6.54 Å². The Morgan fingerprint density at radius 2 is 1.95 bits per heavy atom. The van der Waals surface area contributed by atoms with Gasteiger partial charge in [-0.1, -0.05) is 23.4 Å². The number of phenols is 1. The molecule has 0 aliphatic heterocycles. The lowest BCUT2D eigenvalue weighted by molar-refractivity contribution is 0.414. The zero-order valence-corrected chi connectivity index (χ0v) is 10.4. The van der Waals surface area contributed by atoms with Crippen LogP contribution < -0.4 is 4.74 Å². The summed E-state index contributed by atoms with van der Waals surface area (Å²) in [5, 5.41) is 17.7. The van der Waals surface area contributed by atoms with Gasteiger partial charge in [-0.05, 0) is 29.8 Å². The van der Waals surface area contributed by atoms with Crippen LogP contribution >= 0.6 is 0 Å². The maximum atomic E-state index is 9.69. The van der Waals surface area contributed by atoms with Gasteiger partial charge in [0.2, 0.25) is 0 Å². The summed E-state index contributed by atoms with van der Waals surface area (Å²) in [6.07, 6.45) is 0. The predicted octanol–water partition coefficient (Wildman–Crippen LogP) is 2.19. The number of methoxy groups -OCH3 is 1. The number of benzene rings is 2. The maximum Gasteiger partial charge on any atom is 0.154 e. The van der Waals surface area contributed by atoms with Crippen LogP contribution in [0.2, 0.25) is 0 Å². The molecule has 2 aromatic carbocycles. The first-order chi connectivity index (χ1) is 9.28. The first-order valence-electron chi connectivity index (χ1n) is 5.92. The van der Waals surface area contributed by atoms with E-state index in [2.05, 4.69) is 10.3 Å². The molecule has 0 atom stereocenters. The third-order valence-corrected chi connectivity index (χ3v) is 3.02. The third-order valence-electron chi connectivity index (χ3n) is 3.02. The number of fused-ring (bicyclic) bond motifs is 1. The quantitative estimate of drug-likeness (QED) is 0.779. The molecule has 5 nitrogen and oxygen atoms in total. The molecule has 0 bridgehead atoms. The predicted molar refractivity (Wildman–Crippen MR) is 71.3 cm³/mol. The number of aromatic hydroxyl groups is 1. The summed E-state index contributed by atoms with van der Waals surface area (Å²) in [5.41, 5.74) is 2.43. The van der Waals surface area contributed by atoms with Crippen LogP contribution in [0.25, 0.3) is 11.0 Å². The van der Waals surface area contributed by atoms with Crippen LogP contribution in [0.4, 0.5) is 0 Å². The van der Waals surface area contributed by atoms with Gasteiger partial charge >= 0.3 is 0 Å². The molecule has 0 spiro atoms. The lowest BCUT2D eigenvalue weighted by Crippen LogP contribution is -2.01. The number of phenolic OH excluding ortho intramolecular Hbond substituents is 1. The van der Waals surface area contributed by atoms with E-state index in [4.69, 9.17) is 4.74 Å². The zero-order valence-electron chi connectivity index (χ0n) is 10.4. The van der Waals surface area contributed by atoms with Crippen LogP contribution in [0.15, 0.2) is 42.5 Å². The molecule has 0 fully saturated rings. The molecule has 0 radical (unpaired) electrons. The molecule has 0 aliphatic carbocycles. The van der Waals surface area contributed by atoms with Crippen LogP contribution in [0.3, 0.4) is 0 Å². The first kappa shape index (κ1) is 11.5. The maximum absolute atomic E-state index is 9.69. The number of hydrogen-bond donors (Lipinski definition) is 1. The lowest BCUT2D eigenvalue weighted by Gasteiger charge is -2.04. The highest BCUT2D eigenvalue weighted by atomic mass is 16.5. The van der Waals surface area contributed by atoms with Crippen molar-refractivity contribution in [1.82, 2.24) is 15.0 Å². The fourth-order valence-corrected chi connectivity index (χ4v) is 2.00. The topological polar surface area (TPSA) is 60.2 Å². The van der Waals surface area contributed by atoms with Crippen molar-refractivity contribution >= 4 is 11.0 Å². The van der Waals surface area contributed by atoms with Crippen molar-refractivity contribution in [2.24, 2.45) is 0 Å². The standard InChI is InChI=1S/C14H13N3O2/c1-19-11-7-5-10(6-8-11)9-17-12-3-2-4-13(18)14(12)15-16-17/h2-8,18H,9H2,1H3. The minimum absolute atomic E-state index is 0.151. The highest BCUT2D eigenvalue weighted by Gasteiger charge is 2.08. The van der Waals surface area contributed by atoms with Crippen LogP contribution in [0.1, 0.15) is 5.56 Å². The van der Waals surface area contributed by atoms with Gasteiger partial charge in [-0.3, -0.25) is 0 Å². The molecule has 0 amide bonds. The van der Waals surface area contributed by atoms with Gasteiger partial charge in [0.25, 0.3) is 0 Å². The van der Waals surface area contributed by atoms with Crippen molar-refractivity contribution < 1.29 is 9.84 Å². The van der Waals surface area contributed by atoms with Crippen molar-refractivity contribution in [2.45, 2.75) is 6.54 Å². The Bertz CT molecular complexity index is 704. The minimum atomic E-state index is 0.151. The molecule has 0 unspecified atom stereocenters. The number of ether oxygens (including phenoxy) is 1. The smallest absolute Gasteiger partial charge is 0.154 e. The van der Waals surface area contributed by atoms with Gasteiger partial charge in [0, 0.05) is 0 Å². The summed E-state index contributed by atoms with van der Waals surface area (Å²) in [6, 6.07) is 13.1. The highest BCUT2D eigenvalue weighted by molar-refractivity contribution is 5.80. The summed E-state index contributed by atoms with van der Waals surface area (Å²) >= 11 is 0. The Balaban J connectivity index is 1.94. The molecule has 3 rings (SSSR count). The number of aromatic nitrogens is 3. The van der Waals surface area contributed by atoms with Crippen molar-refractivity contribution in [1.29, 1.82) is 0 Å². The average Bonchev–Trinajstić information content (AvgIpc) is 2.84. The molecular formula is C14H13N3O2. The number of hydrogen-bond acceptors (Lipinski definition) is 4. The molecule has 0 saturated heterocycles. The van der Waals surface area contributed by atoms with Crippen molar-refractivity contribution in [2.75, 3.05) is 7.11 Å². The van der Waals surface area contributed by atoms with Crippen LogP contribution in [-0.4, -0.2) is 27.2 Å². The summed E-state index contributed by atoms with van der Waals surface area (Å²) in [6.45, 7) is 0.601. The highest BCUT2D eigenvalue weighted by Crippen LogP contribution is 2.22. The van der Waals surface area contributed by atoms with Gasteiger partial charge < -0.3 is 9.84 Å². The lowest BCUT2D eigenvalue weighted by atomic mass is 10.2. The molecule has 1 heterocycles. The number of rotatable bonds is 3. The Hall–Kier alpha value is -2.56. The van der Waals surface area contributed by atoms with E-state index < -0.39 is 0 Å². The number of nitrogens with zero attached hydrogens (tertiary/aromatic N) is 3. The SMILES string of the molecule is COc1ccc(Cn2nnc3c(O)cccc32)cc1. The second-order valence-corrected chi connectivity index (χ2v) is 4.24. The van der Waals surface area contributed by atoms with Gasteiger partial charge in [-0.15, -0.1) is 5.10 Å². The van der Waals surface area contributed by atoms with Gasteiger partial charge in [0.05, 0.1) is 19.2 Å². The molecule has 1 aromatic heterocycles. The fourth-order valence-electron chi connectivity index (χ4n) is 2.00. The van der Waals surface area contributed by atoms with E-state index in [-0.39, 0.29) is 5.75 Å². The molecule has 0 saturated carbocycles. The molecule has 19 heavy (non-hydrogen) atoms. The molecule has 1 N–H and O–H groups in total. The second kappa shape index (κ2) is 4.61. The summed E-state index contributed by atoms with van der Waals surface area (Å²) in [5.74, 6) is 0.975. The molecule has 0 aliphatic rings. The van der Waals surface area contributed by atoms with E-state index in [1.165, 1.54) is 0 Å². The van der Waals surface area contributed by atoms with E-state index in [1.54, 1.807) is 23.9 Å². The fraction of sp³-hybridized carbons (Fsp3) is 0.143. The third kappa shape index (κ3) is 2.10. The molecule has 96 valence electrons. The van der Waals surface area contributed by atoms with E-state index in [9.17, 15) is 5.11 Å². The van der Waals surface area contributed by atoms with Gasteiger partial charge in [0.1, 0.15) is 11.5 Å². The molecular weight excluding hydrogens is 242 g/mol. The summed E-state index contributed by atoms with van der Waals surface area (Å²) in [7, 11) is 1.64. The average molecular weight is 255 g/mol. The minimum Gasteiger partial charge on any atom is -0.506 e. The monoisotopic (exact) mass is 255 g/mol. The Labute approximate surface area is 110 Å². The van der Waals surface area contributed by atoms with Gasteiger partial charge in [-0.25, -0.2) is 4.68 Å². The van der Waals surface area contributed by atoms with E-state index in [1.807, 2.05) is 30.3 Å². The van der Waals surface area contributed by atoms with Crippen molar-refractivity contribution in [3.8, 4) is 11.5 Å². The molecule has 5 heteroatoms. The van der Waals surface area contributed by atoms with E-state index >= 15 is 0 Å². The second-order valence-electron chi connectivity index (χ2n) is 4.24. The van der Waals surface area contributed by atoms with Crippen LogP contribution in [0, 0.1) is 0 Å². The first-order valence-corrected chi connectivity index (χ1v) is 5.92. The molecule has 3 aromatic rings. The van der Waals surface area contributed by atoms with E-state index in [0.29, 0.717) is 12.1 Å². The van der Waals surface area contributed by atoms with E-state index in [0.717, 1.165) is 16.8 Å². The zero-order chi connectivity index (χ0) is 13.2. The Morgan fingerprint density at radius 1 is 1.16 bits per heavy atom.